The zero-order valence-corrected chi connectivity index (χ0v) is 10.2. The minimum absolute atomic E-state index is 0.119. The molecule has 1 aliphatic heterocycles. The van der Waals surface area contributed by atoms with E-state index in [4.69, 9.17) is 4.74 Å². The summed E-state index contributed by atoms with van der Waals surface area (Å²) in [6, 6.07) is 0. The topological polar surface area (TPSA) is 29.5 Å². The summed E-state index contributed by atoms with van der Waals surface area (Å²) in [5, 5.41) is 9.88. The van der Waals surface area contributed by atoms with Crippen LogP contribution in [-0.2, 0) is 4.74 Å². The van der Waals surface area contributed by atoms with E-state index < -0.39 is 0 Å². The molecule has 0 bridgehead atoms. The second kappa shape index (κ2) is 7.24. The normalized spacial score (nSPS) is 23.6. The standard InChI is InChI=1S/C13H26O2/c1-11(2)6-4-3-5-7-13(14)12-8-9-15-10-12/h11-14H,3-10H2,1-2H3. The fourth-order valence-corrected chi connectivity index (χ4v) is 2.17. The van der Waals surface area contributed by atoms with Crippen LogP contribution in [0.25, 0.3) is 0 Å². The summed E-state index contributed by atoms with van der Waals surface area (Å²) in [6.07, 6.45) is 6.97. The lowest BCUT2D eigenvalue weighted by Crippen LogP contribution is -2.20. The third-order valence-electron chi connectivity index (χ3n) is 3.29. The maximum atomic E-state index is 9.88. The van der Waals surface area contributed by atoms with Crippen molar-refractivity contribution in [3.05, 3.63) is 0 Å². The van der Waals surface area contributed by atoms with Crippen molar-refractivity contribution in [2.24, 2.45) is 11.8 Å². The summed E-state index contributed by atoms with van der Waals surface area (Å²) in [5.74, 6) is 1.23. The first-order valence-electron chi connectivity index (χ1n) is 6.46. The maximum Gasteiger partial charge on any atom is 0.0591 e. The van der Waals surface area contributed by atoms with E-state index in [2.05, 4.69) is 13.8 Å². The molecule has 0 amide bonds. The van der Waals surface area contributed by atoms with E-state index in [1.165, 1.54) is 25.7 Å². The molecule has 0 spiro atoms. The van der Waals surface area contributed by atoms with Gasteiger partial charge >= 0.3 is 0 Å². The van der Waals surface area contributed by atoms with Crippen LogP contribution in [0.2, 0.25) is 0 Å². The van der Waals surface area contributed by atoms with Gasteiger partial charge in [0, 0.05) is 12.5 Å². The van der Waals surface area contributed by atoms with E-state index in [0.717, 1.165) is 32.0 Å². The van der Waals surface area contributed by atoms with Crippen LogP contribution in [-0.4, -0.2) is 24.4 Å². The third kappa shape index (κ3) is 5.53. The summed E-state index contributed by atoms with van der Waals surface area (Å²) in [7, 11) is 0. The molecule has 0 aromatic rings. The third-order valence-corrected chi connectivity index (χ3v) is 3.29. The Labute approximate surface area is 94.0 Å². The zero-order chi connectivity index (χ0) is 11.1. The first-order chi connectivity index (χ1) is 7.20. The quantitative estimate of drug-likeness (QED) is 0.660. The van der Waals surface area contributed by atoms with Crippen LogP contribution in [0.5, 0.6) is 0 Å². The molecule has 15 heavy (non-hydrogen) atoms. The van der Waals surface area contributed by atoms with E-state index in [9.17, 15) is 5.11 Å². The zero-order valence-electron chi connectivity index (χ0n) is 10.2. The number of aliphatic hydroxyl groups excluding tert-OH is 1. The molecular formula is C13H26O2. The van der Waals surface area contributed by atoms with Crippen molar-refractivity contribution in [2.45, 2.75) is 58.5 Å². The molecular weight excluding hydrogens is 188 g/mol. The summed E-state index contributed by atoms with van der Waals surface area (Å²) in [6.45, 7) is 6.15. The lowest BCUT2D eigenvalue weighted by molar-refractivity contribution is 0.0825. The van der Waals surface area contributed by atoms with Crippen molar-refractivity contribution < 1.29 is 9.84 Å². The largest absolute Gasteiger partial charge is 0.393 e. The Balaban J connectivity index is 1.94. The van der Waals surface area contributed by atoms with Crippen LogP contribution in [0, 0.1) is 11.8 Å². The van der Waals surface area contributed by atoms with E-state index in [1.54, 1.807) is 0 Å². The van der Waals surface area contributed by atoms with Gasteiger partial charge in [0.2, 0.25) is 0 Å². The van der Waals surface area contributed by atoms with Gasteiger partial charge in [0.05, 0.1) is 12.7 Å². The summed E-state index contributed by atoms with van der Waals surface area (Å²) in [4.78, 5) is 0. The molecule has 1 rings (SSSR count). The van der Waals surface area contributed by atoms with Crippen molar-refractivity contribution in [1.82, 2.24) is 0 Å². The second-order valence-corrected chi connectivity index (χ2v) is 5.22. The van der Waals surface area contributed by atoms with Gasteiger partial charge in [-0.3, -0.25) is 0 Å². The highest BCUT2D eigenvalue weighted by molar-refractivity contribution is 4.72. The van der Waals surface area contributed by atoms with Crippen LogP contribution in [0.4, 0.5) is 0 Å². The highest BCUT2D eigenvalue weighted by Crippen LogP contribution is 2.21. The number of aliphatic hydroxyl groups is 1. The number of rotatable bonds is 7. The fourth-order valence-electron chi connectivity index (χ4n) is 2.17. The highest BCUT2D eigenvalue weighted by atomic mass is 16.5. The van der Waals surface area contributed by atoms with Crippen LogP contribution in [0.15, 0.2) is 0 Å². The molecule has 2 unspecified atom stereocenters. The molecule has 1 saturated heterocycles. The number of hydrogen-bond acceptors (Lipinski definition) is 2. The molecule has 2 heteroatoms. The van der Waals surface area contributed by atoms with Crippen molar-refractivity contribution in [3.8, 4) is 0 Å². The monoisotopic (exact) mass is 214 g/mol. The fraction of sp³-hybridized carbons (Fsp3) is 1.00. The number of unbranched alkanes of at least 4 members (excludes halogenated alkanes) is 2. The average Bonchev–Trinajstić information content (AvgIpc) is 2.69. The summed E-state index contributed by atoms with van der Waals surface area (Å²) >= 11 is 0. The van der Waals surface area contributed by atoms with Crippen LogP contribution in [0.1, 0.15) is 52.4 Å². The molecule has 2 nitrogen and oxygen atoms in total. The van der Waals surface area contributed by atoms with Crippen molar-refractivity contribution in [2.75, 3.05) is 13.2 Å². The van der Waals surface area contributed by atoms with E-state index >= 15 is 0 Å². The smallest absolute Gasteiger partial charge is 0.0591 e. The summed E-state index contributed by atoms with van der Waals surface area (Å²) < 4.78 is 5.28. The Morgan fingerprint density at radius 1 is 1.20 bits per heavy atom. The van der Waals surface area contributed by atoms with Gasteiger partial charge in [-0.15, -0.1) is 0 Å². The van der Waals surface area contributed by atoms with Gasteiger partial charge in [-0.25, -0.2) is 0 Å². The molecule has 0 radical (unpaired) electrons. The van der Waals surface area contributed by atoms with Gasteiger partial charge < -0.3 is 9.84 Å². The van der Waals surface area contributed by atoms with Crippen molar-refractivity contribution >= 4 is 0 Å². The van der Waals surface area contributed by atoms with Gasteiger partial charge in [-0.05, 0) is 18.8 Å². The van der Waals surface area contributed by atoms with Gasteiger partial charge in [0.25, 0.3) is 0 Å². The Kier molecular flexibility index (Phi) is 6.26. The van der Waals surface area contributed by atoms with Gasteiger partial charge in [-0.1, -0.05) is 39.5 Å². The highest BCUT2D eigenvalue weighted by Gasteiger charge is 2.23. The van der Waals surface area contributed by atoms with Crippen LogP contribution >= 0.6 is 0 Å². The molecule has 1 aliphatic rings. The lowest BCUT2D eigenvalue weighted by Gasteiger charge is -2.16. The number of ether oxygens (including phenoxy) is 1. The molecule has 1 fully saturated rings. The second-order valence-electron chi connectivity index (χ2n) is 5.22. The Morgan fingerprint density at radius 2 is 1.93 bits per heavy atom. The Morgan fingerprint density at radius 3 is 2.53 bits per heavy atom. The molecule has 0 aromatic heterocycles. The van der Waals surface area contributed by atoms with Crippen LogP contribution in [0.3, 0.4) is 0 Å². The first kappa shape index (κ1) is 13.0. The predicted octanol–water partition coefficient (Wildman–Crippen LogP) is 2.99. The minimum atomic E-state index is -0.119. The molecule has 0 aromatic carbocycles. The number of hydrogen-bond donors (Lipinski definition) is 1. The lowest BCUT2D eigenvalue weighted by atomic mass is 9.96. The minimum Gasteiger partial charge on any atom is -0.393 e. The predicted molar refractivity (Wildman–Crippen MR) is 62.9 cm³/mol. The van der Waals surface area contributed by atoms with Gasteiger partial charge in [0.15, 0.2) is 0 Å². The van der Waals surface area contributed by atoms with E-state index in [1.807, 2.05) is 0 Å². The molecule has 1 heterocycles. The molecule has 2 atom stereocenters. The Hall–Kier alpha value is -0.0800. The Bertz CT molecular complexity index is 151. The molecule has 90 valence electrons. The van der Waals surface area contributed by atoms with E-state index in [-0.39, 0.29) is 6.10 Å². The molecule has 0 saturated carbocycles. The van der Waals surface area contributed by atoms with Gasteiger partial charge in [0.1, 0.15) is 0 Å². The van der Waals surface area contributed by atoms with Crippen molar-refractivity contribution in [3.63, 3.8) is 0 Å². The molecule has 1 N–H and O–H groups in total. The summed E-state index contributed by atoms with van der Waals surface area (Å²) in [5.41, 5.74) is 0. The van der Waals surface area contributed by atoms with Crippen LogP contribution < -0.4 is 0 Å². The van der Waals surface area contributed by atoms with E-state index in [0.29, 0.717) is 5.92 Å². The average molecular weight is 214 g/mol. The molecule has 0 aliphatic carbocycles. The van der Waals surface area contributed by atoms with Gasteiger partial charge in [-0.2, -0.15) is 0 Å². The maximum absolute atomic E-state index is 9.88. The van der Waals surface area contributed by atoms with Crippen molar-refractivity contribution in [1.29, 1.82) is 0 Å². The first-order valence-corrected chi connectivity index (χ1v) is 6.46. The SMILES string of the molecule is CC(C)CCCCCC(O)C1CCOC1.